The lowest BCUT2D eigenvalue weighted by Gasteiger charge is -2.06. The molecule has 4 nitrogen and oxygen atoms in total. The Balaban J connectivity index is 3.02. The molecule has 0 fully saturated rings. The van der Waals surface area contributed by atoms with Crippen LogP contribution in [0.15, 0.2) is 12.1 Å². The molecule has 0 radical (unpaired) electrons. The van der Waals surface area contributed by atoms with Crippen molar-refractivity contribution in [2.45, 2.75) is 6.92 Å². The Labute approximate surface area is 76.7 Å². The molecule has 0 aliphatic rings. The van der Waals surface area contributed by atoms with Gasteiger partial charge < -0.3 is 9.47 Å². The van der Waals surface area contributed by atoms with Gasteiger partial charge in [-0.05, 0) is 19.1 Å². The number of hydrogen-bond donors (Lipinski definition) is 0. The van der Waals surface area contributed by atoms with Gasteiger partial charge in [-0.2, -0.15) is 10.2 Å². The number of methoxy groups -OCH3 is 1. The first-order valence-corrected chi connectivity index (χ1v) is 3.89. The van der Waals surface area contributed by atoms with Gasteiger partial charge in [0.25, 0.3) is 5.88 Å². The average molecular weight is 178 g/mol. The molecule has 0 saturated carbocycles. The fraction of sp³-hybridized carbons (Fsp3) is 0.333. The maximum absolute atomic E-state index is 8.57. The minimum Gasteiger partial charge on any atom is -0.488 e. The Bertz CT molecular complexity index is 331. The molecule has 0 saturated heterocycles. The van der Waals surface area contributed by atoms with Gasteiger partial charge in [0.05, 0.1) is 13.7 Å². The van der Waals surface area contributed by atoms with Crippen LogP contribution in [0.2, 0.25) is 0 Å². The fourth-order valence-corrected chi connectivity index (χ4v) is 0.902. The van der Waals surface area contributed by atoms with E-state index in [2.05, 4.69) is 4.98 Å². The van der Waals surface area contributed by atoms with Gasteiger partial charge >= 0.3 is 0 Å². The molecule has 1 heterocycles. The first-order valence-electron chi connectivity index (χ1n) is 3.89. The Kier molecular flexibility index (Phi) is 3.09. The quantitative estimate of drug-likeness (QED) is 0.701. The van der Waals surface area contributed by atoms with Gasteiger partial charge in [-0.1, -0.05) is 0 Å². The molecule has 0 amide bonds. The lowest BCUT2D eigenvalue weighted by molar-refractivity contribution is 0.303. The van der Waals surface area contributed by atoms with Crippen LogP contribution in [0.1, 0.15) is 12.6 Å². The first kappa shape index (κ1) is 9.33. The summed E-state index contributed by atoms with van der Waals surface area (Å²) in [7, 11) is 1.49. The lowest BCUT2D eigenvalue weighted by Crippen LogP contribution is -1.98. The third kappa shape index (κ3) is 2.09. The molecule has 0 N–H and O–H groups in total. The molecule has 0 atom stereocenters. The molecule has 4 heteroatoms. The second-order valence-corrected chi connectivity index (χ2v) is 2.25. The second kappa shape index (κ2) is 4.31. The molecule has 68 valence electrons. The van der Waals surface area contributed by atoms with Gasteiger partial charge in [-0.3, -0.25) is 0 Å². The first-order chi connectivity index (χ1) is 6.31. The van der Waals surface area contributed by atoms with E-state index in [0.717, 1.165) is 0 Å². The third-order valence-electron chi connectivity index (χ3n) is 1.43. The maximum atomic E-state index is 8.57. The van der Waals surface area contributed by atoms with Crippen molar-refractivity contribution in [3.63, 3.8) is 0 Å². The zero-order chi connectivity index (χ0) is 9.68. The summed E-state index contributed by atoms with van der Waals surface area (Å²) in [5.41, 5.74) is 0.320. The van der Waals surface area contributed by atoms with Crippen LogP contribution in [0.25, 0.3) is 0 Å². The van der Waals surface area contributed by atoms with Gasteiger partial charge in [0.1, 0.15) is 11.8 Å². The minimum atomic E-state index is 0.320. The fourth-order valence-electron chi connectivity index (χ4n) is 0.902. The summed E-state index contributed by atoms with van der Waals surface area (Å²) in [5.74, 6) is 0.907. The SMILES string of the molecule is CCOc1ccc(C#N)nc1OC. The summed E-state index contributed by atoms with van der Waals surface area (Å²) in [4.78, 5) is 3.92. The van der Waals surface area contributed by atoms with E-state index in [9.17, 15) is 0 Å². The average Bonchev–Trinajstić information content (AvgIpc) is 2.19. The van der Waals surface area contributed by atoms with Crippen molar-refractivity contribution in [3.05, 3.63) is 17.8 Å². The van der Waals surface area contributed by atoms with Crippen molar-refractivity contribution >= 4 is 0 Å². The van der Waals surface area contributed by atoms with Crippen LogP contribution < -0.4 is 9.47 Å². The molecule has 0 aromatic carbocycles. The van der Waals surface area contributed by atoms with Gasteiger partial charge in [0.15, 0.2) is 5.75 Å². The number of aromatic nitrogens is 1. The van der Waals surface area contributed by atoms with Crippen LogP contribution >= 0.6 is 0 Å². The number of rotatable bonds is 3. The zero-order valence-electron chi connectivity index (χ0n) is 7.57. The smallest absolute Gasteiger partial charge is 0.258 e. The van der Waals surface area contributed by atoms with Crippen LogP contribution in [0.3, 0.4) is 0 Å². The van der Waals surface area contributed by atoms with E-state index < -0.39 is 0 Å². The van der Waals surface area contributed by atoms with E-state index >= 15 is 0 Å². The standard InChI is InChI=1S/C9H10N2O2/c1-3-13-8-5-4-7(6-10)11-9(8)12-2/h4-5H,3H2,1-2H3. The molecular formula is C9H10N2O2. The van der Waals surface area contributed by atoms with E-state index in [1.54, 1.807) is 12.1 Å². The Morgan fingerprint density at radius 3 is 2.85 bits per heavy atom. The van der Waals surface area contributed by atoms with E-state index in [1.165, 1.54) is 7.11 Å². The van der Waals surface area contributed by atoms with Crippen molar-refractivity contribution in [1.82, 2.24) is 4.98 Å². The Hall–Kier alpha value is -1.76. The van der Waals surface area contributed by atoms with Gasteiger partial charge in [-0.15, -0.1) is 0 Å². The van der Waals surface area contributed by atoms with Crippen molar-refractivity contribution < 1.29 is 9.47 Å². The van der Waals surface area contributed by atoms with Crippen LogP contribution in [0.5, 0.6) is 11.6 Å². The second-order valence-electron chi connectivity index (χ2n) is 2.25. The molecule has 0 spiro atoms. The molecule has 0 aliphatic heterocycles. The Morgan fingerprint density at radius 2 is 2.31 bits per heavy atom. The summed E-state index contributed by atoms with van der Waals surface area (Å²) in [5, 5.41) is 8.57. The molecule has 1 rings (SSSR count). The summed E-state index contributed by atoms with van der Waals surface area (Å²) in [6.07, 6.45) is 0. The van der Waals surface area contributed by atoms with Gasteiger partial charge in [-0.25, -0.2) is 0 Å². The highest BCUT2D eigenvalue weighted by Gasteiger charge is 2.05. The molecule has 0 unspecified atom stereocenters. The number of pyridine rings is 1. The number of nitriles is 1. The van der Waals surface area contributed by atoms with Crippen molar-refractivity contribution in [2.24, 2.45) is 0 Å². The lowest BCUT2D eigenvalue weighted by atomic mass is 10.3. The van der Waals surface area contributed by atoms with Crippen LogP contribution in [0.4, 0.5) is 0 Å². The third-order valence-corrected chi connectivity index (χ3v) is 1.43. The van der Waals surface area contributed by atoms with E-state index in [0.29, 0.717) is 23.9 Å². The summed E-state index contributed by atoms with van der Waals surface area (Å²) in [6.45, 7) is 2.42. The molecular weight excluding hydrogens is 168 g/mol. The Morgan fingerprint density at radius 1 is 1.54 bits per heavy atom. The van der Waals surface area contributed by atoms with Crippen LogP contribution in [-0.2, 0) is 0 Å². The molecule has 0 aliphatic carbocycles. The number of ether oxygens (including phenoxy) is 2. The van der Waals surface area contributed by atoms with Gasteiger partial charge in [0, 0.05) is 0 Å². The van der Waals surface area contributed by atoms with Gasteiger partial charge in [0.2, 0.25) is 0 Å². The topological polar surface area (TPSA) is 55.1 Å². The number of hydrogen-bond acceptors (Lipinski definition) is 4. The maximum Gasteiger partial charge on any atom is 0.258 e. The zero-order valence-corrected chi connectivity index (χ0v) is 7.57. The van der Waals surface area contributed by atoms with Crippen molar-refractivity contribution in [3.8, 4) is 17.7 Å². The highest BCUT2D eigenvalue weighted by Crippen LogP contribution is 2.23. The predicted molar refractivity (Wildman–Crippen MR) is 46.7 cm³/mol. The van der Waals surface area contributed by atoms with E-state index in [4.69, 9.17) is 14.7 Å². The molecule has 0 bridgehead atoms. The van der Waals surface area contributed by atoms with Crippen molar-refractivity contribution in [2.75, 3.05) is 13.7 Å². The predicted octanol–water partition coefficient (Wildman–Crippen LogP) is 1.36. The molecule has 13 heavy (non-hydrogen) atoms. The van der Waals surface area contributed by atoms with Crippen LogP contribution in [-0.4, -0.2) is 18.7 Å². The normalized spacial score (nSPS) is 9.00. The van der Waals surface area contributed by atoms with Crippen molar-refractivity contribution in [1.29, 1.82) is 5.26 Å². The van der Waals surface area contributed by atoms with E-state index in [-0.39, 0.29) is 0 Å². The molecule has 1 aromatic heterocycles. The highest BCUT2D eigenvalue weighted by atomic mass is 16.5. The van der Waals surface area contributed by atoms with Crippen LogP contribution in [0, 0.1) is 11.3 Å². The molecule has 1 aromatic rings. The number of nitrogens with zero attached hydrogens (tertiary/aromatic N) is 2. The summed E-state index contributed by atoms with van der Waals surface area (Å²) >= 11 is 0. The van der Waals surface area contributed by atoms with E-state index in [1.807, 2.05) is 13.0 Å². The highest BCUT2D eigenvalue weighted by molar-refractivity contribution is 5.37. The summed E-state index contributed by atoms with van der Waals surface area (Å²) < 4.78 is 10.2. The largest absolute Gasteiger partial charge is 0.488 e. The summed E-state index contributed by atoms with van der Waals surface area (Å²) in [6, 6.07) is 5.19. The monoisotopic (exact) mass is 178 g/mol. The minimum absolute atomic E-state index is 0.320.